The highest BCUT2D eigenvalue weighted by Gasteiger charge is 2.20. The van der Waals surface area contributed by atoms with Crippen molar-refractivity contribution < 1.29 is 10.2 Å². The van der Waals surface area contributed by atoms with Gasteiger partial charge in [-0.3, -0.25) is 0 Å². The highest BCUT2D eigenvalue weighted by Crippen LogP contribution is 2.49. The van der Waals surface area contributed by atoms with E-state index in [1.807, 2.05) is 60.7 Å². The van der Waals surface area contributed by atoms with E-state index in [2.05, 4.69) is 31.9 Å². The van der Waals surface area contributed by atoms with E-state index in [-0.39, 0.29) is 25.0 Å². The van der Waals surface area contributed by atoms with Crippen LogP contribution in [0.4, 0.5) is 0 Å². The number of benzene rings is 4. The van der Waals surface area contributed by atoms with Crippen molar-refractivity contribution in [2.24, 2.45) is 0 Å². The summed E-state index contributed by atoms with van der Waals surface area (Å²) in [5.41, 5.74) is 1.24. The molecule has 5 heteroatoms. The van der Waals surface area contributed by atoms with Crippen LogP contribution >= 0.6 is 45.4 Å². The Morgan fingerprint density at radius 1 is 0.600 bits per heavy atom. The van der Waals surface area contributed by atoms with Gasteiger partial charge in [-0.1, -0.05) is 48.5 Å². The normalized spacial score (nSPS) is 10.8. The van der Waals surface area contributed by atoms with Gasteiger partial charge in [0.25, 0.3) is 0 Å². The predicted molar refractivity (Wildman–Crippen MR) is 113 cm³/mol. The van der Waals surface area contributed by atoms with Crippen molar-refractivity contribution in [2.75, 3.05) is 0 Å². The lowest BCUT2D eigenvalue weighted by atomic mass is 9.92. The molecule has 0 unspecified atom stereocenters. The molecule has 124 valence electrons. The molecule has 0 aromatic heterocycles. The van der Waals surface area contributed by atoms with Gasteiger partial charge in [0.1, 0.15) is 11.5 Å². The van der Waals surface area contributed by atoms with Crippen LogP contribution in [0, 0.1) is 0 Å². The summed E-state index contributed by atoms with van der Waals surface area (Å²) in [6, 6.07) is 19.4. The average Bonchev–Trinajstić information content (AvgIpc) is 2.58. The summed E-state index contributed by atoms with van der Waals surface area (Å²) < 4.78 is 1.19. The maximum atomic E-state index is 10.8. The number of halogens is 2. The molecule has 4 rings (SSSR count). The van der Waals surface area contributed by atoms with Gasteiger partial charge in [-0.25, -0.2) is 0 Å². The maximum absolute atomic E-state index is 10.8. The molecule has 0 spiro atoms. The van der Waals surface area contributed by atoms with Crippen molar-refractivity contribution in [3.8, 4) is 22.6 Å². The molecular weight excluding hydrogens is 464 g/mol. The van der Waals surface area contributed by atoms with Crippen LogP contribution in [0.1, 0.15) is 0 Å². The standard InChI is InChI=1S/C20H12Br2O2.S/c21-15-9-11-5-1-3-7-13(11)17(19(15)23)18-14-8-4-2-6-12(14)10-16(22)20(18)24;/h1-10,23-24H;. The second-order valence-corrected chi connectivity index (χ2v) is 7.31. The Balaban J connectivity index is 0.00000182. The summed E-state index contributed by atoms with van der Waals surface area (Å²) in [4.78, 5) is 0. The summed E-state index contributed by atoms with van der Waals surface area (Å²) in [6.45, 7) is 0. The maximum Gasteiger partial charge on any atom is 0.138 e. The second kappa shape index (κ2) is 6.90. The summed E-state index contributed by atoms with van der Waals surface area (Å²) in [7, 11) is 0. The molecule has 0 saturated heterocycles. The fourth-order valence-electron chi connectivity index (χ4n) is 3.11. The number of phenolic OH excluding ortho intramolecular Hbond substituents is 2. The van der Waals surface area contributed by atoms with E-state index in [0.29, 0.717) is 20.1 Å². The minimum absolute atomic E-state index is 0. The monoisotopic (exact) mass is 474 g/mol. The number of hydrogen-bond acceptors (Lipinski definition) is 2. The van der Waals surface area contributed by atoms with Crippen molar-refractivity contribution in [1.29, 1.82) is 0 Å². The van der Waals surface area contributed by atoms with E-state index in [1.165, 1.54) is 0 Å². The van der Waals surface area contributed by atoms with Crippen LogP contribution in [-0.4, -0.2) is 10.2 Å². The van der Waals surface area contributed by atoms with Gasteiger partial charge >= 0.3 is 0 Å². The van der Waals surface area contributed by atoms with Crippen LogP contribution in [-0.2, 0) is 0 Å². The average molecular weight is 476 g/mol. The van der Waals surface area contributed by atoms with Gasteiger partial charge < -0.3 is 10.2 Å². The third-order valence-electron chi connectivity index (χ3n) is 4.20. The Morgan fingerprint density at radius 3 is 1.36 bits per heavy atom. The molecule has 0 heterocycles. The fourth-order valence-corrected chi connectivity index (χ4v) is 4.00. The Morgan fingerprint density at radius 2 is 0.960 bits per heavy atom. The Kier molecular flexibility index (Phi) is 5.00. The third-order valence-corrected chi connectivity index (χ3v) is 5.41. The number of rotatable bonds is 1. The highest BCUT2D eigenvalue weighted by atomic mass is 79.9. The first-order valence-electron chi connectivity index (χ1n) is 7.38. The molecule has 0 amide bonds. The van der Waals surface area contributed by atoms with E-state index < -0.39 is 0 Å². The van der Waals surface area contributed by atoms with Crippen molar-refractivity contribution in [3.05, 3.63) is 69.6 Å². The van der Waals surface area contributed by atoms with Gasteiger partial charge in [0.2, 0.25) is 0 Å². The van der Waals surface area contributed by atoms with Gasteiger partial charge in [0.15, 0.2) is 0 Å². The van der Waals surface area contributed by atoms with E-state index in [0.717, 1.165) is 21.5 Å². The zero-order chi connectivity index (χ0) is 16.8. The van der Waals surface area contributed by atoms with E-state index in [1.54, 1.807) is 0 Å². The second-order valence-electron chi connectivity index (χ2n) is 5.61. The smallest absolute Gasteiger partial charge is 0.138 e. The largest absolute Gasteiger partial charge is 0.506 e. The molecule has 2 nitrogen and oxygen atoms in total. The summed E-state index contributed by atoms with van der Waals surface area (Å²) in [6.07, 6.45) is 0. The fraction of sp³-hybridized carbons (Fsp3) is 0. The molecule has 2 radical (unpaired) electrons. The number of fused-ring (bicyclic) bond motifs is 2. The first-order valence-corrected chi connectivity index (χ1v) is 8.97. The zero-order valence-corrected chi connectivity index (χ0v) is 16.8. The van der Waals surface area contributed by atoms with Crippen molar-refractivity contribution >= 4 is 66.9 Å². The summed E-state index contributed by atoms with van der Waals surface area (Å²) >= 11 is 6.86. The Hall–Kier alpha value is -1.69. The molecule has 2 N–H and O–H groups in total. The lowest BCUT2D eigenvalue weighted by Gasteiger charge is -2.16. The van der Waals surface area contributed by atoms with Crippen LogP contribution in [0.25, 0.3) is 32.7 Å². The van der Waals surface area contributed by atoms with E-state index in [4.69, 9.17) is 0 Å². The molecule has 0 fully saturated rings. The molecule has 0 bridgehead atoms. The molecule has 0 aliphatic rings. The number of phenols is 2. The van der Waals surface area contributed by atoms with E-state index >= 15 is 0 Å². The lowest BCUT2D eigenvalue weighted by Crippen LogP contribution is -1.88. The molecule has 0 saturated carbocycles. The SMILES string of the molecule is Oc1c(Br)cc2ccccc2c1-c1c(O)c(Br)cc2ccccc12.[S]. The summed E-state index contributed by atoms with van der Waals surface area (Å²) in [5, 5.41) is 25.2. The van der Waals surface area contributed by atoms with Gasteiger partial charge in [-0.2, -0.15) is 0 Å². The summed E-state index contributed by atoms with van der Waals surface area (Å²) in [5.74, 6) is 0.236. The first-order chi connectivity index (χ1) is 11.6. The molecule has 0 aliphatic carbocycles. The van der Waals surface area contributed by atoms with Crippen LogP contribution in [0.15, 0.2) is 69.6 Å². The molecule has 25 heavy (non-hydrogen) atoms. The topological polar surface area (TPSA) is 40.5 Å². The molecule has 4 aromatic rings. The molecular formula is C20H12Br2O2S. The van der Waals surface area contributed by atoms with Crippen LogP contribution < -0.4 is 0 Å². The lowest BCUT2D eigenvalue weighted by molar-refractivity contribution is 0.467. The van der Waals surface area contributed by atoms with Crippen molar-refractivity contribution in [1.82, 2.24) is 0 Å². The third kappa shape index (κ3) is 2.90. The molecule has 0 atom stereocenters. The number of hydrogen-bond donors (Lipinski definition) is 2. The predicted octanol–water partition coefficient (Wildman–Crippen LogP) is 7.24. The molecule has 0 aliphatic heterocycles. The van der Waals surface area contributed by atoms with E-state index in [9.17, 15) is 10.2 Å². The van der Waals surface area contributed by atoms with Crippen molar-refractivity contribution in [2.45, 2.75) is 0 Å². The number of aromatic hydroxyl groups is 2. The quantitative estimate of drug-likeness (QED) is 0.304. The Labute approximate surface area is 168 Å². The molecule has 4 aromatic carbocycles. The van der Waals surface area contributed by atoms with Gasteiger partial charge in [0.05, 0.1) is 8.95 Å². The van der Waals surface area contributed by atoms with Crippen molar-refractivity contribution in [3.63, 3.8) is 0 Å². The van der Waals surface area contributed by atoms with Gasteiger partial charge in [-0.15, -0.1) is 0 Å². The van der Waals surface area contributed by atoms with Crippen LogP contribution in [0.3, 0.4) is 0 Å². The highest BCUT2D eigenvalue weighted by molar-refractivity contribution is 9.11. The van der Waals surface area contributed by atoms with Crippen LogP contribution in [0.5, 0.6) is 11.5 Å². The van der Waals surface area contributed by atoms with Gasteiger partial charge in [0, 0.05) is 24.6 Å². The Bertz CT molecular complexity index is 1020. The minimum Gasteiger partial charge on any atom is -0.506 e. The minimum atomic E-state index is 0. The van der Waals surface area contributed by atoms with Gasteiger partial charge in [-0.05, 0) is 65.5 Å². The van der Waals surface area contributed by atoms with Crippen LogP contribution in [0.2, 0.25) is 0 Å². The first kappa shape index (κ1) is 18.1. The zero-order valence-electron chi connectivity index (χ0n) is 12.8.